The lowest BCUT2D eigenvalue weighted by atomic mass is 9.95. The van der Waals surface area contributed by atoms with Gasteiger partial charge in [-0.1, -0.05) is 12.6 Å². The first-order chi connectivity index (χ1) is 12.2. The lowest BCUT2D eigenvalue weighted by Gasteiger charge is -2.37. The molecular weight excluding hydrogens is 365 g/mol. The number of thioether (sulfide) groups is 1. The van der Waals surface area contributed by atoms with Gasteiger partial charge in [-0.15, -0.1) is 21.7 Å². The third kappa shape index (κ3) is 4.07. The summed E-state index contributed by atoms with van der Waals surface area (Å²) in [6.07, 6.45) is -2.00. The molecule has 0 spiro atoms. The van der Waals surface area contributed by atoms with Gasteiger partial charge in [0.1, 0.15) is 11.8 Å². The van der Waals surface area contributed by atoms with E-state index in [1.165, 1.54) is 30.0 Å². The number of hydrogen-bond donors (Lipinski definition) is 1. The SMILES string of the molecule is C=Cc1cc(C2CC(C)(Sc3cccc(C(F)(F)F)c3)CCO2)n(O)n1. The van der Waals surface area contributed by atoms with Crippen molar-refractivity contribution in [3.8, 4) is 0 Å². The fraction of sp³-hybridized carbons (Fsp3) is 0.389. The highest BCUT2D eigenvalue weighted by molar-refractivity contribution is 8.00. The van der Waals surface area contributed by atoms with E-state index in [2.05, 4.69) is 11.7 Å². The fourth-order valence-corrected chi connectivity index (χ4v) is 4.32. The number of aromatic nitrogens is 2. The molecule has 1 fully saturated rings. The second kappa shape index (κ2) is 7.00. The quantitative estimate of drug-likeness (QED) is 0.738. The summed E-state index contributed by atoms with van der Waals surface area (Å²) in [5.74, 6) is 0. The molecule has 0 saturated carbocycles. The van der Waals surface area contributed by atoms with Gasteiger partial charge in [0, 0.05) is 16.2 Å². The fourth-order valence-electron chi connectivity index (χ4n) is 3.00. The predicted octanol–water partition coefficient (Wildman–Crippen LogP) is 5.18. The average molecular weight is 384 g/mol. The zero-order valence-corrected chi connectivity index (χ0v) is 15.0. The number of benzene rings is 1. The Bertz CT molecular complexity index is 806. The number of ether oxygens (including phenoxy) is 1. The van der Waals surface area contributed by atoms with Gasteiger partial charge in [-0.2, -0.15) is 13.2 Å². The van der Waals surface area contributed by atoms with Crippen LogP contribution in [0.25, 0.3) is 6.08 Å². The van der Waals surface area contributed by atoms with Crippen molar-refractivity contribution in [2.24, 2.45) is 0 Å². The Morgan fingerprint density at radius 2 is 2.19 bits per heavy atom. The second-order valence-corrected chi connectivity index (χ2v) is 8.14. The van der Waals surface area contributed by atoms with Crippen molar-refractivity contribution >= 4 is 17.8 Å². The highest BCUT2D eigenvalue weighted by atomic mass is 32.2. The maximum absolute atomic E-state index is 12.9. The summed E-state index contributed by atoms with van der Waals surface area (Å²) in [7, 11) is 0. The smallest absolute Gasteiger partial charge is 0.411 e. The van der Waals surface area contributed by atoms with Crippen LogP contribution in [0.3, 0.4) is 0 Å². The van der Waals surface area contributed by atoms with E-state index in [-0.39, 0.29) is 4.75 Å². The standard InChI is InChI=1S/C18H19F3N2O2S/c1-3-13-10-15(23(24)22-13)16-11-17(2,7-8-25-16)26-14-6-4-5-12(9-14)18(19,20)21/h3-6,9-10,16,24H,1,7-8,11H2,2H3. The van der Waals surface area contributed by atoms with Crippen molar-refractivity contribution in [3.63, 3.8) is 0 Å². The molecule has 2 heterocycles. The van der Waals surface area contributed by atoms with Gasteiger partial charge in [0.05, 0.1) is 11.3 Å². The lowest BCUT2D eigenvalue weighted by Crippen LogP contribution is -2.32. The van der Waals surface area contributed by atoms with Gasteiger partial charge in [0.15, 0.2) is 0 Å². The maximum atomic E-state index is 12.9. The van der Waals surface area contributed by atoms with E-state index in [4.69, 9.17) is 4.74 Å². The molecule has 2 atom stereocenters. The molecule has 1 aliphatic rings. The molecule has 8 heteroatoms. The van der Waals surface area contributed by atoms with Crippen LogP contribution >= 0.6 is 11.8 Å². The van der Waals surface area contributed by atoms with Crippen LogP contribution in [0.15, 0.2) is 41.8 Å². The molecule has 140 valence electrons. The van der Waals surface area contributed by atoms with Gasteiger partial charge in [0.25, 0.3) is 0 Å². The van der Waals surface area contributed by atoms with E-state index in [9.17, 15) is 18.4 Å². The number of hydrogen-bond acceptors (Lipinski definition) is 4. The van der Waals surface area contributed by atoms with E-state index in [1.807, 2.05) is 6.92 Å². The third-order valence-corrected chi connectivity index (χ3v) is 5.72. The van der Waals surface area contributed by atoms with Crippen LogP contribution in [-0.4, -0.2) is 26.5 Å². The summed E-state index contributed by atoms with van der Waals surface area (Å²) in [6, 6.07) is 7.04. The summed E-state index contributed by atoms with van der Waals surface area (Å²) in [5.41, 5.74) is 0.387. The molecule has 1 saturated heterocycles. The molecule has 1 aromatic heterocycles. The van der Waals surface area contributed by atoms with E-state index in [0.29, 0.717) is 35.7 Å². The molecule has 0 radical (unpaired) electrons. The Morgan fingerprint density at radius 3 is 2.85 bits per heavy atom. The molecular formula is C18H19F3N2O2S. The first-order valence-electron chi connectivity index (χ1n) is 8.10. The van der Waals surface area contributed by atoms with E-state index < -0.39 is 17.8 Å². The van der Waals surface area contributed by atoms with Gasteiger partial charge in [-0.05, 0) is 50.1 Å². The minimum Gasteiger partial charge on any atom is -0.411 e. The van der Waals surface area contributed by atoms with E-state index in [0.717, 1.165) is 10.9 Å². The van der Waals surface area contributed by atoms with Gasteiger partial charge in [0.2, 0.25) is 0 Å². The van der Waals surface area contributed by atoms with Crippen molar-refractivity contribution in [3.05, 3.63) is 53.9 Å². The summed E-state index contributed by atoms with van der Waals surface area (Å²) in [5, 5.41) is 13.9. The molecule has 0 amide bonds. The van der Waals surface area contributed by atoms with Crippen LogP contribution in [0.1, 0.15) is 42.8 Å². The first-order valence-corrected chi connectivity index (χ1v) is 8.91. The topological polar surface area (TPSA) is 47.3 Å². The number of rotatable bonds is 4. The molecule has 1 N–H and O–H groups in total. The maximum Gasteiger partial charge on any atom is 0.416 e. The van der Waals surface area contributed by atoms with Crippen molar-refractivity contribution in [1.29, 1.82) is 0 Å². The molecule has 0 bridgehead atoms. The second-order valence-electron chi connectivity index (χ2n) is 6.48. The first kappa shape index (κ1) is 18.8. The summed E-state index contributed by atoms with van der Waals surface area (Å²) >= 11 is 1.40. The molecule has 2 aromatic rings. The van der Waals surface area contributed by atoms with Crippen molar-refractivity contribution < 1.29 is 23.1 Å². The Balaban J connectivity index is 1.79. The highest BCUT2D eigenvalue weighted by Crippen LogP contribution is 2.46. The van der Waals surface area contributed by atoms with Crippen LogP contribution in [0.2, 0.25) is 0 Å². The molecule has 3 rings (SSSR count). The molecule has 1 aliphatic heterocycles. The number of alkyl halides is 3. The summed E-state index contributed by atoms with van der Waals surface area (Å²) < 4.78 is 44.2. The van der Waals surface area contributed by atoms with Gasteiger partial charge in [-0.25, -0.2) is 0 Å². The Morgan fingerprint density at radius 1 is 1.42 bits per heavy atom. The Labute approximate surface area is 153 Å². The minimum absolute atomic E-state index is 0.328. The minimum atomic E-state index is -4.36. The third-order valence-electron chi connectivity index (χ3n) is 4.37. The lowest BCUT2D eigenvalue weighted by molar-refractivity contribution is -0.137. The van der Waals surface area contributed by atoms with E-state index in [1.54, 1.807) is 12.1 Å². The molecule has 4 nitrogen and oxygen atoms in total. The van der Waals surface area contributed by atoms with Crippen LogP contribution in [0.4, 0.5) is 13.2 Å². The molecule has 1 aromatic carbocycles. The van der Waals surface area contributed by atoms with Crippen LogP contribution in [-0.2, 0) is 10.9 Å². The average Bonchev–Trinajstić information content (AvgIpc) is 2.95. The zero-order chi connectivity index (χ0) is 18.9. The van der Waals surface area contributed by atoms with Gasteiger partial charge >= 0.3 is 6.18 Å². The normalized spacial score (nSPS) is 23.8. The predicted molar refractivity (Wildman–Crippen MR) is 93.1 cm³/mol. The molecule has 0 aliphatic carbocycles. The zero-order valence-electron chi connectivity index (χ0n) is 14.2. The van der Waals surface area contributed by atoms with Crippen molar-refractivity contribution in [1.82, 2.24) is 9.94 Å². The summed E-state index contributed by atoms with van der Waals surface area (Å²) in [6.45, 7) is 6.07. The largest absolute Gasteiger partial charge is 0.416 e. The molecule has 26 heavy (non-hydrogen) atoms. The highest BCUT2D eigenvalue weighted by Gasteiger charge is 2.37. The summed E-state index contributed by atoms with van der Waals surface area (Å²) in [4.78, 5) is 1.34. The Hall–Kier alpha value is -1.93. The van der Waals surface area contributed by atoms with Crippen LogP contribution < -0.4 is 0 Å². The van der Waals surface area contributed by atoms with Gasteiger partial charge < -0.3 is 9.94 Å². The monoisotopic (exact) mass is 384 g/mol. The van der Waals surface area contributed by atoms with Crippen LogP contribution in [0.5, 0.6) is 0 Å². The number of halogens is 3. The van der Waals surface area contributed by atoms with Gasteiger partial charge in [-0.3, -0.25) is 0 Å². The van der Waals surface area contributed by atoms with Crippen molar-refractivity contribution in [2.75, 3.05) is 6.61 Å². The van der Waals surface area contributed by atoms with Crippen LogP contribution in [0, 0.1) is 0 Å². The van der Waals surface area contributed by atoms with E-state index >= 15 is 0 Å². The van der Waals surface area contributed by atoms with Crippen molar-refractivity contribution in [2.45, 2.75) is 41.7 Å². The Kier molecular flexibility index (Phi) is 5.07. The number of nitrogens with zero attached hydrogens (tertiary/aromatic N) is 2. The molecule has 2 unspecified atom stereocenters.